The van der Waals surface area contributed by atoms with Gasteiger partial charge in [-0.15, -0.1) is 0 Å². The number of hydrogen-bond acceptors (Lipinski definition) is 5. The van der Waals surface area contributed by atoms with Gasteiger partial charge in [-0.25, -0.2) is 8.42 Å². The van der Waals surface area contributed by atoms with Crippen LogP contribution in [0, 0.1) is 23.2 Å². The topological polar surface area (TPSA) is 115 Å². The summed E-state index contributed by atoms with van der Waals surface area (Å²) in [5, 5.41) is 14.8. The Balaban J connectivity index is 1.47. The molecule has 158 valence electrons. The molecule has 0 aliphatic heterocycles. The van der Waals surface area contributed by atoms with Crippen molar-refractivity contribution in [2.45, 2.75) is 62.4 Å². The maximum Gasteiger partial charge on any atom is 0.241 e. The molecule has 5 rings (SSSR count). The lowest BCUT2D eigenvalue weighted by atomic mass is 9.48. The second-order valence-electron chi connectivity index (χ2n) is 9.58. The van der Waals surface area contributed by atoms with Crippen molar-refractivity contribution in [2.75, 3.05) is 0 Å². The van der Waals surface area contributed by atoms with Crippen molar-refractivity contribution < 1.29 is 23.1 Å². The fourth-order valence-electron chi connectivity index (χ4n) is 5.88. The van der Waals surface area contributed by atoms with E-state index in [0.717, 1.165) is 12.8 Å². The monoisotopic (exact) mass is 419 g/mol. The van der Waals surface area contributed by atoms with Crippen molar-refractivity contribution in [1.29, 1.82) is 0 Å². The summed E-state index contributed by atoms with van der Waals surface area (Å²) in [5.41, 5.74) is -2.09. The van der Waals surface area contributed by atoms with E-state index < -0.39 is 32.9 Å². The summed E-state index contributed by atoms with van der Waals surface area (Å²) >= 11 is 0. The first-order chi connectivity index (χ1) is 13.5. The van der Waals surface area contributed by atoms with Gasteiger partial charge in [0.05, 0.1) is 4.90 Å². The van der Waals surface area contributed by atoms with E-state index >= 15 is 0 Å². The fraction of sp³-hybridized carbons (Fsp3) is 0.619. The van der Waals surface area contributed by atoms with Crippen LogP contribution in [0.2, 0.25) is 0 Å². The van der Waals surface area contributed by atoms with E-state index in [1.54, 1.807) is 32.0 Å². The van der Waals surface area contributed by atoms with Crippen LogP contribution in [0.4, 0.5) is 0 Å². The van der Waals surface area contributed by atoms with Crippen LogP contribution in [0.25, 0.3) is 0 Å². The Bertz CT molecular complexity index is 912. The Labute approximate surface area is 171 Å². The molecule has 2 atom stereocenters. The molecule has 4 saturated carbocycles. The quantitative estimate of drug-likeness (QED) is 0.708. The third-order valence-corrected chi connectivity index (χ3v) is 8.69. The van der Waals surface area contributed by atoms with Gasteiger partial charge in [0.1, 0.15) is 5.54 Å². The van der Waals surface area contributed by atoms with Gasteiger partial charge < -0.3 is 15.2 Å². The molecule has 2 unspecified atom stereocenters. The van der Waals surface area contributed by atoms with Gasteiger partial charge in [0.2, 0.25) is 15.9 Å². The molecule has 29 heavy (non-hydrogen) atoms. The van der Waals surface area contributed by atoms with Crippen LogP contribution in [0.15, 0.2) is 35.2 Å². The third-order valence-electron chi connectivity index (χ3n) is 7.01. The number of aliphatic carboxylic acids is 1. The fourth-order valence-corrected chi connectivity index (χ4v) is 7.28. The number of carboxylic acids is 1. The molecule has 0 spiro atoms. The van der Waals surface area contributed by atoms with Gasteiger partial charge in [-0.1, -0.05) is 18.2 Å². The second-order valence-corrected chi connectivity index (χ2v) is 11.3. The molecule has 7 nitrogen and oxygen atoms in total. The highest BCUT2D eigenvalue weighted by molar-refractivity contribution is 7.89. The summed E-state index contributed by atoms with van der Waals surface area (Å²) < 4.78 is 27.8. The van der Waals surface area contributed by atoms with Gasteiger partial charge in [0.25, 0.3) is 0 Å². The molecule has 0 saturated heterocycles. The number of rotatable bonds is 6. The van der Waals surface area contributed by atoms with E-state index in [1.807, 2.05) is 0 Å². The summed E-state index contributed by atoms with van der Waals surface area (Å²) in [4.78, 5) is 24.9. The minimum atomic E-state index is -3.84. The van der Waals surface area contributed by atoms with Gasteiger partial charge in [-0.3, -0.25) is 4.79 Å². The molecule has 1 aromatic rings. The average molecular weight is 420 g/mol. The largest absolute Gasteiger partial charge is 0.550 e. The van der Waals surface area contributed by atoms with Crippen LogP contribution in [-0.4, -0.2) is 31.9 Å². The minimum absolute atomic E-state index is 0.102. The predicted octanol–water partition coefficient (Wildman–Crippen LogP) is 0.805. The number of hydrogen-bond donors (Lipinski definition) is 2. The van der Waals surface area contributed by atoms with Crippen LogP contribution < -0.4 is 15.1 Å². The second kappa shape index (κ2) is 6.80. The first kappa shape index (κ1) is 20.3. The number of carbonyl (C=O) groups is 2. The summed E-state index contributed by atoms with van der Waals surface area (Å²) in [6.45, 7) is 3.09. The van der Waals surface area contributed by atoms with E-state index in [9.17, 15) is 23.1 Å². The highest BCUT2D eigenvalue weighted by atomic mass is 32.2. The maximum atomic E-state index is 13.0. The summed E-state index contributed by atoms with van der Waals surface area (Å²) in [6, 6.07) is 7.82. The number of sulfonamides is 1. The van der Waals surface area contributed by atoms with Crippen molar-refractivity contribution in [3.8, 4) is 0 Å². The van der Waals surface area contributed by atoms with E-state index in [4.69, 9.17) is 0 Å². The van der Waals surface area contributed by atoms with Crippen LogP contribution in [0.3, 0.4) is 0 Å². The first-order valence-electron chi connectivity index (χ1n) is 10.1. The Morgan fingerprint density at radius 3 is 2.21 bits per heavy atom. The SMILES string of the molecule is CC(C)(NS(=O)(=O)c1ccccc1)C(=O)NC1C2CC3CC1CC(C(=O)[O-])(C3)C2. The molecule has 1 amide bonds. The smallest absolute Gasteiger partial charge is 0.241 e. The molecular formula is C21H27N2O5S-. The summed E-state index contributed by atoms with van der Waals surface area (Å²) in [5.74, 6) is -0.771. The molecule has 4 fully saturated rings. The third kappa shape index (κ3) is 3.57. The highest BCUT2D eigenvalue weighted by Crippen LogP contribution is 2.59. The molecule has 8 heteroatoms. The normalized spacial score (nSPS) is 33.4. The van der Waals surface area contributed by atoms with Crippen LogP contribution in [0.1, 0.15) is 46.0 Å². The zero-order valence-corrected chi connectivity index (χ0v) is 17.5. The van der Waals surface area contributed by atoms with Crippen LogP contribution in [0.5, 0.6) is 0 Å². The van der Waals surface area contributed by atoms with Gasteiger partial charge in [-0.2, -0.15) is 4.72 Å². The maximum absolute atomic E-state index is 13.0. The molecule has 2 N–H and O–H groups in total. The van der Waals surface area contributed by atoms with Gasteiger partial charge in [-0.05, 0) is 75.8 Å². The van der Waals surface area contributed by atoms with E-state index in [1.165, 1.54) is 12.1 Å². The van der Waals surface area contributed by atoms with Crippen molar-refractivity contribution >= 4 is 21.9 Å². The van der Waals surface area contributed by atoms with Crippen LogP contribution in [-0.2, 0) is 19.6 Å². The van der Waals surface area contributed by atoms with E-state index in [2.05, 4.69) is 10.0 Å². The zero-order valence-electron chi connectivity index (χ0n) is 16.7. The van der Waals surface area contributed by atoms with Crippen LogP contribution >= 0.6 is 0 Å². The van der Waals surface area contributed by atoms with E-state index in [0.29, 0.717) is 25.2 Å². The summed E-state index contributed by atoms with van der Waals surface area (Å²) in [7, 11) is -3.84. The van der Waals surface area contributed by atoms with Gasteiger partial charge in [0.15, 0.2) is 0 Å². The predicted molar refractivity (Wildman–Crippen MR) is 104 cm³/mol. The highest BCUT2D eigenvalue weighted by Gasteiger charge is 2.56. The van der Waals surface area contributed by atoms with Crippen molar-refractivity contribution in [3.63, 3.8) is 0 Å². The summed E-state index contributed by atoms with van der Waals surface area (Å²) in [6.07, 6.45) is 3.57. The number of carbonyl (C=O) groups excluding carboxylic acids is 2. The van der Waals surface area contributed by atoms with Crippen molar-refractivity contribution in [3.05, 3.63) is 30.3 Å². The number of nitrogens with one attached hydrogen (secondary N) is 2. The molecule has 4 aliphatic rings. The standard InChI is InChI=1S/C21H28N2O5S/c1-20(2,23-29(27,28)16-6-4-3-5-7-16)18(24)22-17-14-8-13-9-15(17)12-21(10-13,11-14)19(25)26/h3-7,13-15,17,23H,8-12H2,1-2H3,(H,22,24)(H,25,26)/p-1. The van der Waals surface area contributed by atoms with Crippen molar-refractivity contribution in [1.82, 2.24) is 10.0 Å². The minimum Gasteiger partial charge on any atom is -0.550 e. The number of benzene rings is 1. The molecular weight excluding hydrogens is 392 g/mol. The Morgan fingerprint density at radius 2 is 1.66 bits per heavy atom. The first-order valence-corrected chi connectivity index (χ1v) is 11.6. The van der Waals surface area contributed by atoms with Gasteiger partial charge >= 0.3 is 0 Å². The van der Waals surface area contributed by atoms with Crippen molar-refractivity contribution in [2.24, 2.45) is 23.2 Å². The molecule has 4 aliphatic carbocycles. The lowest BCUT2D eigenvalue weighted by molar-refractivity contribution is -0.327. The number of carboxylic acid groups (broad SMARTS) is 1. The Hall–Kier alpha value is -1.93. The molecule has 4 bridgehead atoms. The zero-order chi connectivity index (χ0) is 21.0. The Morgan fingerprint density at radius 1 is 1.07 bits per heavy atom. The number of amides is 1. The lowest BCUT2D eigenvalue weighted by Gasteiger charge is -2.60. The molecule has 0 heterocycles. The Kier molecular flexibility index (Phi) is 4.77. The van der Waals surface area contributed by atoms with Gasteiger partial charge in [0, 0.05) is 17.4 Å². The average Bonchev–Trinajstić information content (AvgIpc) is 2.63. The molecule has 0 aromatic heterocycles. The molecule has 1 aromatic carbocycles. The lowest BCUT2D eigenvalue weighted by Crippen LogP contribution is -2.65. The van der Waals surface area contributed by atoms with E-state index in [-0.39, 0.29) is 22.8 Å². The molecule has 0 radical (unpaired) electrons.